The summed E-state index contributed by atoms with van der Waals surface area (Å²) in [6.45, 7) is 0. The van der Waals surface area contributed by atoms with Gasteiger partial charge in [0, 0.05) is 57.1 Å². The molecule has 192 valence electrons. The van der Waals surface area contributed by atoms with Crippen LogP contribution in [0.5, 0.6) is 11.5 Å². The number of Topliss-reactive ketones (excluding diaryl/α,β-unsaturated/α-hetero) is 2. The maximum atomic E-state index is 15.0. The van der Waals surface area contributed by atoms with Gasteiger partial charge in [-0.2, -0.15) is 0 Å². The molecule has 7 aliphatic carbocycles. The standard InChI is InChI=1S/C36H24O4/c1-39-23-15-16-24(40-2)30-28-22-14-8-7-13-21(22)27(29(23)30)33-34(28)36(38)32-26-19-11-5-3-9-17(19)25(31(32)35(33)37)18-10-4-6-12-20(18)26/h3-16,25-28H,1-2H3/t25?,26?,27-,28?/m1/s1. The topological polar surface area (TPSA) is 52.6 Å². The van der Waals surface area contributed by atoms with E-state index in [0.29, 0.717) is 33.8 Å². The Hall–Kier alpha value is -4.70. The third kappa shape index (κ3) is 2.36. The zero-order valence-corrected chi connectivity index (χ0v) is 22.0. The molecule has 4 bridgehead atoms. The third-order valence-corrected chi connectivity index (χ3v) is 9.79. The molecule has 0 aromatic heterocycles. The lowest BCUT2D eigenvalue weighted by Gasteiger charge is -2.49. The number of hydrogen-bond donors (Lipinski definition) is 0. The lowest BCUT2D eigenvalue weighted by Crippen LogP contribution is -2.43. The van der Waals surface area contributed by atoms with Crippen molar-refractivity contribution in [3.05, 3.63) is 152 Å². The summed E-state index contributed by atoms with van der Waals surface area (Å²) < 4.78 is 11.8. The van der Waals surface area contributed by atoms with E-state index in [1.165, 1.54) is 0 Å². The van der Waals surface area contributed by atoms with Crippen molar-refractivity contribution >= 4 is 11.6 Å². The minimum atomic E-state index is -0.396. The lowest BCUT2D eigenvalue weighted by atomic mass is 9.51. The maximum absolute atomic E-state index is 15.0. The Labute approximate surface area is 231 Å². The smallest absolute Gasteiger partial charge is 0.187 e. The first-order chi connectivity index (χ1) is 19.7. The predicted octanol–water partition coefficient (Wildman–Crippen LogP) is 6.33. The van der Waals surface area contributed by atoms with Crippen LogP contribution in [-0.4, -0.2) is 25.8 Å². The Balaban J connectivity index is 1.35. The van der Waals surface area contributed by atoms with Crippen molar-refractivity contribution in [3.63, 3.8) is 0 Å². The zero-order chi connectivity index (χ0) is 26.9. The first kappa shape index (κ1) is 22.2. The Bertz CT molecular complexity index is 1760. The molecule has 11 rings (SSSR count). The van der Waals surface area contributed by atoms with Crippen molar-refractivity contribution in [2.75, 3.05) is 14.2 Å². The number of benzene rings is 4. The normalized spacial score (nSPS) is 24.1. The Morgan fingerprint density at radius 2 is 0.700 bits per heavy atom. The monoisotopic (exact) mass is 520 g/mol. The fraction of sp³-hybridized carbons (Fsp3) is 0.167. The number of ketones is 2. The summed E-state index contributed by atoms with van der Waals surface area (Å²) in [6.07, 6.45) is 0. The van der Waals surface area contributed by atoms with Gasteiger partial charge in [-0.1, -0.05) is 72.8 Å². The molecule has 4 heteroatoms. The van der Waals surface area contributed by atoms with Gasteiger partial charge in [-0.05, 0) is 45.5 Å². The van der Waals surface area contributed by atoms with Crippen LogP contribution in [0.15, 0.2) is 107 Å². The van der Waals surface area contributed by atoms with E-state index in [0.717, 1.165) is 44.5 Å². The average molecular weight is 521 g/mol. The van der Waals surface area contributed by atoms with Crippen molar-refractivity contribution in [2.24, 2.45) is 0 Å². The van der Waals surface area contributed by atoms with E-state index in [2.05, 4.69) is 36.4 Å². The summed E-state index contributed by atoms with van der Waals surface area (Å²) in [5.41, 5.74) is 11.1. The molecule has 4 aromatic carbocycles. The van der Waals surface area contributed by atoms with E-state index in [9.17, 15) is 9.59 Å². The van der Waals surface area contributed by atoms with E-state index in [-0.39, 0.29) is 23.4 Å². The number of rotatable bonds is 2. The molecular weight excluding hydrogens is 496 g/mol. The van der Waals surface area contributed by atoms with Crippen molar-refractivity contribution < 1.29 is 19.1 Å². The fourth-order valence-electron chi connectivity index (χ4n) is 8.45. The highest BCUT2D eigenvalue weighted by Crippen LogP contribution is 2.65. The van der Waals surface area contributed by atoms with Gasteiger partial charge in [0.15, 0.2) is 11.6 Å². The molecule has 0 aliphatic heterocycles. The molecule has 0 spiro atoms. The minimum absolute atomic E-state index is 0.00336. The lowest BCUT2D eigenvalue weighted by molar-refractivity contribution is -0.117. The van der Waals surface area contributed by atoms with Crippen molar-refractivity contribution in [1.82, 2.24) is 0 Å². The Morgan fingerprint density at radius 3 is 1.00 bits per heavy atom. The molecule has 0 N–H and O–H groups in total. The van der Waals surface area contributed by atoms with Crippen LogP contribution in [-0.2, 0) is 9.59 Å². The molecular formula is C36H24O4. The number of carbonyl (C=O) groups is 2. The van der Waals surface area contributed by atoms with E-state index < -0.39 is 11.8 Å². The molecule has 1 unspecified atom stereocenters. The fourth-order valence-corrected chi connectivity index (χ4v) is 8.45. The quantitative estimate of drug-likeness (QED) is 0.290. The highest BCUT2D eigenvalue weighted by Gasteiger charge is 2.57. The van der Waals surface area contributed by atoms with Crippen LogP contribution in [0.25, 0.3) is 0 Å². The summed E-state index contributed by atoms with van der Waals surface area (Å²) in [7, 11) is 3.32. The summed E-state index contributed by atoms with van der Waals surface area (Å²) >= 11 is 0. The van der Waals surface area contributed by atoms with Crippen LogP contribution in [0.4, 0.5) is 0 Å². The summed E-state index contributed by atoms with van der Waals surface area (Å²) in [5, 5.41) is 0. The van der Waals surface area contributed by atoms with Gasteiger partial charge in [0.2, 0.25) is 0 Å². The molecule has 0 radical (unpaired) electrons. The summed E-state index contributed by atoms with van der Waals surface area (Å²) in [6, 6.07) is 28.7. The van der Waals surface area contributed by atoms with Gasteiger partial charge in [0.1, 0.15) is 11.5 Å². The number of methoxy groups -OCH3 is 2. The summed E-state index contributed by atoms with van der Waals surface area (Å²) in [5.74, 6) is 0.147. The van der Waals surface area contributed by atoms with E-state index >= 15 is 0 Å². The van der Waals surface area contributed by atoms with Crippen LogP contribution >= 0.6 is 0 Å². The highest BCUT2D eigenvalue weighted by molar-refractivity contribution is 6.30. The van der Waals surface area contributed by atoms with E-state index in [1.54, 1.807) is 14.2 Å². The summed E-state index contributed by atoms with van der Waals surface area (Å²) in [4.78, 5) is 29.9. The van der Waals surface area contributed by atoms with Gasteiger partial charge < -0.3 is 9.47 Å². The first-order valence-corrected chi connectivity index (χ1v) is 13.7. The van der Waals surface area contributed by atoms with Gasteiger partial charge in [0.25, 0.3) is 0 Å². The Kier molecular flexibility index (Phi) is 4.14. The molecule has 0 amide bonds. The molecule has 7 aliphatic rings. The van der Waals surface area contributed by atoms with Crippen molar-refractivity contribution in [3.8, 4) is 11.5 Å². The van der Waals surface area contributed by atoms with Gasteiger partial charge >= 0.3 is 0 Å². The molecule has 0 saturated heterocycles. The van der Waals surface area contributed by atoms with Crippen molar-refractivity contribution in [1.29, 1.82) is 0 Å². The van der Waals surface area contributed by atoms with Crippen LogP contribution in [0, 0.1) is 0 Å². The largest absolute Gasteiger partial charge is 0.496 e. The van der Waals surface area contributed by atoms with Crippen LogP contribution in [0.2, 0.25) is 0 Å². The average Bonchev–Trinajstić information content (AvgIpc) is 3.02. The maximum Gasteiger partial charge on any atom is 0.187 e. The number of ether oxygens (including phenoxy) is 2. The number of allylic oxidation sites excluding steroid dienone is 4. The second kappa shape index (κ2) is 7.48. The molecule has 0 fully saturated rings. The van der Waals surface area contributed by atoms with E-state index in [4.69, 9.17) is 9.47 Å². The second-order valence-electron chi connectivity index (χ2n) is 11.2. The number of hydrogen-bond acceptors (Lipinski definition) is 4. The predicted molar refractivity (Wildman–Crippen MR) is 150 cm³/mol. The zero-order valence-electron chi connectivity index (χ0n) is 22.0. The SMILES string of the molecule is COc1ccc(OC)c2c1C1C3=C(C(=O)C4=C(C3=O)C3c5ccccc5C4c4ccccc43)[C@@H]2c2ccccc21. The van der Waals surface area contributed by atoms with Crippen LogP contribution in [0.3, 0.4) is 0 Å². The van der Waals surface area contributed by atoms with Crippen LogP contribution in [0.1, 0.15) is 68.2 Å². The van der Waals surface area contributed by atoms with E-state index in [1.807, 2.05) is 48.5 Å². The van der Waals surface area contributed by atoms with Crippen LogP contribution < -0.4 is 9.47 Å². The third-order valence-electron chi connectivity index (χ3n) is 9.79. The van der Waals surface area contributed by atoms with Crippen molar-refractivity contribution in [2.45, 2.75) is 23.7 Å². The number of carbonyl (C=O) groups excluding carboxylic acids is 2. The molecule has 4 nitrogen and oxygen atoms in total. The first-order valence-electron chi connectivity index (χ1n) is 13.7. The van der Waals surface area contributed by atoms with Gasteiger partial charge in [-0.15, -0.1) is 0 Å². The van der Waals surface area contributed by atoms with Gasteiger partial charge in [-0.3, -0.25) is 9.59 Å². The molecule has 2 atom stereocenters. The molecule has 0 saturated carbocycles. The minimum Gasteiger partial charge on any atom is -0.496 e. The molecule has 0 heterocycles. The molecule has 40 heavy (non-hydrogen) atoms. The second-order valence-corrected chi connectivity index (χ2v) is 11.2. The highest BCUT2D eigenvalue weighted by atomic mass is 16.5. The molecule has 4 aromatic rings. The van der Waals surface area contributed by atoms with Gasteiger partial charge in [-0.25, -0.2) is 0 Å². The Morgan fingerprint density at radius 1 is 0.425 bits per heavy atom. The van der Waals surface area contributed by atoms with Gasteiger partial charge in [0.05, 0.1) is 14.2 Å².